The molecule has 0 aromatic heterocycles. The second-order valence-corrected chi connectivity index (χ2v) is 7.83. The van der Waals surface area contributed by atoms with Gasteiger partial charge in [-0.25, -0.2) is 9.82 Å². The fourth-order valence-electron chi connectivity index (χ4n) is 2.94. The predicted molar refractivity (Wildman–Crippen MR) is 129 cm³/mol. The summed E-state index contributed by atoms with van der Waals surface area (Å²) in [5.74, 6) is -0.818. The molecule has 0 unspecified atom stereocenters. The Morgan fingerprint density at radius 1 is 1.23 bits per heavy atom. The quantitative estimate of drug-likeness (QED) is 0.228. The minimum atomic E-state index is -0.832. The molecular weight excluding hydrogens is 523 g/mol. The molecule has 0 spiro atoms. The minimum Gasteiger partial charge on any atom is -0.490 e. The van der Waals surface area contributed by atoms with Crippen LogP contribution in [0.25, 0.3) is 0 Å². The standard InChI is InChI=1S/C24H18BrFN4O5/c1-2-34-22-10-17(13-28-29-24(31)19-7-6-15(12-27)9-21(19)26)20(25)11-23(22)35-14-16-4-3-5-18(8-16)30(32)33/h3-11,13H,2,14H2,1H3,(H,29,31)/b28-13-. The summed E-state index contributed by atoms with van der Waals surface area (Å²) in [6, 6.07) is 14.7. The molecule has 3 aromatic carbocycles. The number of hydrogen-bond donors (Lipinski definition) is 1. The first-order valence-corrected chi connectivity index (χ1v) is 11.0. The van der Waals surface area contributed by atoms with Crippen LogP contribution in [0.1, 0.15) is 34.0 Å². The van der Waals surface area contributed by atoms with Gasteiger partial charge in [-0.1, -0.05) is 12.1 Å². The second kappa shape index (κ2) is 11.7. The van der Waals surface area contributed by atoms with Gasteiger partial charge in [-0.05, 0) is 58.7 Å². The lowest BCUT2D eigenvalue weighted by molar-refractivity contribution is -0.384. The van der Waals surface area contributed by atoms with Gasteiger partial charge < -0.3 is 9.47 Å². The van der Waals surface area contributed by atoms with Crippen LogP contribution in [0.3, 0.4) is 0 Å². The van der Waals surface area contributed by atoms with Crippen molar-refractivity contribution in [3.05, 3.63) is 97.3 Å². The van der Waals surface area contributed by atoms with Gasteiger partial charge in [0, 0.05) is 22.2 Å². The number of nitro benzene ring substituents is 1. The van der Waals surface area contributed by atoms with Crippen molar-refractivity contribution >= 4 is 33.7 Å². The summed E-state index contributed by atoms with van der Waals surface area (Å²) >= 11 is 3.41. The van der Waals surface area contributed by atoms with Crippen LogP contribution < -0.4 is 14.9 Å². The zero-order chi connectivity index (χ0) is 25.4. The average molecular weight is 541 g/mol. The fraction of sp³-hybridized carbons (Fsp3) is 0.125. The number of nitro groups is 1. The SMILES string of the molecule is CCOc1cc(/C=N\NC(=O)c2ccc(C#N)cc2F)c(Br)cc1OCc1cccc([N+](=O)[O-])c1. The molecule has 0 saturated heterocycles. The number of nitrogens with one attached hydrogen (secondary N) is 1. The van der Waals surface area contributed by atoms with E-state index in [1.165, 1.54) is 30.5 Å². The molecule has 0 atom stereocenters. The molecule has 1 N–H and O–H groups in total. The largest absolute Gasteiger partial charge is 0.490 e. The van der Waals surface area contributed by atoms with Crippen molar-refractivity contribution in [1.29, 1.82) is 5.26 Å². The summed E-state index contributed by atoms with van der Waals surface area (Å²) in [5.41, 5.74) is 3.21. The van der Waals surface area contributed by atoms with E-state index in [-0.39, 0.29) is 23.4 Å². The molecule has 0 heterocycles. The van der Waals surface area contributed by atoms with Crippen molar-refractivity contribution in [2.24, 2.45) is 5.10 Å². The number of rotatable bonds is 9. The van der Waals surface area contributed by atoms with E-state index in [0.717, 1.165) is 6.07 Å². The molecule has 0 fully saturated rings. The molecule has 11 heteroatoms. The summed E-state index contributed by atoms with van der Waals surface area (Å²) in [5, 5.41) is 23.6. The summed E-state index contributed by atoms with van der Waals surface area (Å²) in [6.07, 6.45) is 1.34. The van der Waals surface area contributed by atoms with E-state index in [0.29, 0.717) is 33.7 Å². The summed E-state index contributed by atoms with van der Waals surface area (Å²) in [7, 11) is 0. The first kappa shape index (κ1) is 25.3. The van der Waals surface area contributed by atoms with Gasteiger partial charge in [0.05, 0.1) is 34.9 Å². The molecule has 0 saturated carbocycles. The lowest BCUT2D eigenvalue weighted by Crippen LogP contribution is -2.19. The molecule has 178 valence electrons. The maximum atomic E-state index is 14.0. The number of carbonyl (C=O) groups excluding carboxylic acids is 1. The Morgan fingerprint density at radius 2 is 2.00 bits per heavy atom. The Hall–Kier alpha value is -4.30. The molecule has 0 radical (unpaired) electrons. The molecule has 3 aromatic rings. The number of hydrazone groups is 1. The number of hydrogen-bond acceptors (Lipinski definition) is 7. The zero-order valence-corrected chi connectivity index (χ0v) is 19.9. The number of nitrogens with zero attached hydrogens (tertiary/aromatic N) is 3. The summed E-state index contributed by atoms with van der Waals surface area (Å²) in [4.78, 5) is 22.7. The van der Waals surface area contributed by atoms with Crippen LogP contribution in [0.5, 0.6) is 11.5 Å². The van der Waals surface area contributed by atoms with Crippen molar-refractivity contribution in [3.63, 3.8) is 0 Å². The number of non-ortho nitro benzene ring substituents is 1. The number of halogens is 2. The maximum Gasteiger partial charge on any atom is 0.274 e. The molecule has 3 rings (SSSR count). The molecule has 1 amide bonds. The molecule has 0 aliphatic carbocycles. The van der Waals surface area contributed by atoms with E-state index in [4.69, 9.17) is 14.7 Å². The second-order valence-electron chi connectivity index (χ2n) is 6.97. The third-order valence-electron chi connectivity index (χ3n) is 4.59. The molecule has 0 aliphatic heterocycles. The van der Waals surface area contributed by atoms with E-state index < -0.39 is 16.6 Å². The van der Waals surface area contributed by atoms with Crippen molar-refractivity contribution in [2.75, 3.05) is 6.61 Å². The van der Waals surface area contributed by atoms with E-state index >= 15 is 0 Å². The lowest BCUT2D eigenvalue weighted by atomic mass is 10.1. The van der Waals surface area contributed by atoms with Crippen LogP contribution in [-0.2, 0) is 6.61 Å². The topological polar surface area (TPSA) is 127 Å². The van der Waals surface area contributed by atoms with Gasteiger partial charge >= 0.3 is 0 Å². The van der Waals surface area contributed by atoms with Gasteiger partial charge in [-0.3, -0.25) is 14.9 Å². The monoisotopic (exact) mass is 540 g/mol. The van der Waals surface area contributed by atoms with Gasteiger partial charge in [0.15, 0.2) is 11.5 Å². The third-order valence-corrected chi connectivity index (χ3v) is 5.28. The minimum absolute atomic E-state index is 0.0354. The Balaban J connectivity index is 1.74. The van der Waals surface area contributed by atoms with Crippen molar-refractivity contribution in [1.82, 2.24) is 5.43 Å². The number of benzene rings is 3. The molecule has 9 nitrogen and oxygen atoms in total. The number of nitriles is 1. The van der Waals surface area contributed by atoms with E-state index in [1.54, 1.807) is 37.3 Å². The first-order valence-electron chi connectivity index (χ1n) is 10.2. The van der Waals surface area contributed by atoms with Crippen LogP contribution in [0.15, 0.2) is 64.2 Å². The highest BCUT2D eigenvalue weighted by atomic mass is 79.9. The Kier molecular flexibility index (Phi) is 8.48. The highest BCUT2D eigenvalue weighted by Crippen LogP contribution is 2.34. The van der Waals surface area contributed by atoms with Gasteiger partial charge in [-0.15, -0.1) is 0 Å². The third kappa shape index (κ3) is 6.61. The lowest BCUT2D eigenvalue weighted by Gasteiger charge is -2.14. The molecule has 35 heavy (non-hydrogen) atoms. The van der Waals surface area contributed by atoms with Gasteiger partial charge in [0.1, 0.15) is 12.4 Å². The predicted octanol–water partition coefficient (Wildman–Crippen LogP) is 5.11. The van der Waals surface area contributed by atoms with E-state index in [9.17, 15) is 19.3 Å². The first-order chi connectivity index (χ1) is 16.8. The molecule has 0 bridgehead atoms. The van der Waals surface area contributed by atoms with Gasteiger partial charge in [-0.2, -0.15) is 10.4 Å². The van der Waals surface area contributed by atoms with Crippen LogP contribution in [0.2, 0.25) is 0 Å². The number of carbonyl (C=O) groups is 1. The van der Waals surface area contributed by atoms with Crippen LogP contribution >= 0.6 is 15.9 Å². The van der Waals surface area contributed by atoms with E-state index in [2.05, 4.69) is 26.5 Å². The van der Waals surface area contributed by atoms with Crippen molar-refractivity contribution in [2.45, 2.75) is 13.5 Å². The van der Waals surface area contributed by atoms with Crippen LogP contribution in [-0.4, -0.2) is 23.7 Å². The highest BCUT2D eigenvalue weighted by molar-refractivity contribution is 9.10. The van der Waals surface area contributed by atoms with Crippen LogP contribution in [0, 0.1) is 27.3 Å². The van der Waals surface area contributed by atoms with Crippen molar-refractivity contribution < 1.29 is 23.6 Å². The summed E-state index contributed by atoms with van der Waals surface area (Å²) in [6.45, 7) is 2.22. The fourth-order valence-corrected chi connectivity index (χ4v) is 3.37. The smallest absolute Gasteiger partial charge is 0.274 e. The van der Waals surface area contributed by atoms with Gasteiger partial charge in [0.25, 0.3) is 11.6 Å². The van der Waals surface area contributed by atoms with Crippen LogP contribution in [0.4, 0.5) is 10.1 Å². The van der Waals surface area contributed by atoms with Crippen molar-refractivity contribution in [3.8, 4) is 17.6 Å². The molecule has 0 aliphatic rings. The van der Waals surface area contributed by atoms with E-state index in [1.807, 2.05) is 0 Å². The number of amides is 1. The zero-order valence-electron chi connectivity index (χ0n) is 18.3. The summed E-state index contributed by atoms with van der Waals surface area (Å²) < 4.78 is 26.0. The molecular formula is C24H18BrFN4O5. The Bertz CT molecular complexity index is 1340. The Morgan fingerprint density at radius 3 is 2.69 bits per heavy atom. The maximum absolute atomic E-state index is 14.0. The van der Waals surface area contributed by atoms with Gasteiger partial charge in [0.2, 0.25) is 0 Å². The normalized spacial score (nSPS) is 10.6. The number of ether oxygens (including phenoxy) is 2. The Labute approximate surface area is 208 Å². The highest BCUT2D eigenvalue weighted by Gasteiger charge is 2.14. The average Bonchev–Trinajstić information content (AvgIpc) is 2.84.